The molecule has 0 spiro atoms. The van der Waals surface area contributed by atoms with E-state index < -0.39 is 16.9 Å². The second-order valence-electron chi connectivity index (χ2n) is 6.43. The lowest BCUT2D eigenvalue weighted by atomic mass is 10.1. The summed E-state index contributed by atoms with van der Waals surface area (Å²) in [6, 6.07) is 9.94. The van der Waals surface area contributed by atoms with Crippen LogP contribution in [0.5, 0.6) is 0 Å². The van der Waals surface area contributed by atoms with Gasteiger partial charge in [-0.05, 0) is 51.1 Å². The zero-order chi connectivity index (χ0) is 19.7. The number of fused-ring (bicyclic) bond motifs is 1. The monoisotopic (exact) mass is 388 g/mol. The van der Waals surface area contributed by atoms with E-state index >= 15 is 0 Å². The van der Waals surface area contributed by atoms with Gasteiger partial charge in [-0.3, -0.25) is 14.2 Å². The van der Waals surface area contributed by atoms with E-state index in [0.717, 1.165) is 23.9 Å². The molecule has 27 heavy (non-hydrogen) atoms. The van der Waals surface area contributed by atoms with Gasteiger partial charge in [0.05, 0.1) is 16.2 Å². The molecule has 0 fully saturated rings. The number of halogens is 2. The van der Waals surface area contributed by atoms with Crippen molar-refractivity contribution in [2.45, 2.75) is 37.2 Å². The van der Waals surface area contributed by atoms with E-state index in [2.05, 4.69) is 4.98 Å². The molecular formula is C20H18F2N2O2S. The molecule has 4 nitrogen and oxygen atoms in total. The van der Waals surface area contributed by atoms with E-state index in [-0.39, 0.29) is 22.9 Å². The van der Waals surface area contributed by atoms with Gasteiger partial charge in [0.15, 0.2) is 22.6 Å². The van der Waals surface area contributed by atoms with Crippen molar-refractivity contribution in [3.63, 3.8) is 0 Å². The Bertz CT molecular complexity index is 1080. The third-order valence-electron chi connectivity index (χ3n) is 4.15. The van der Waals surface area contributed by atoms with Crippen LogP contribution in [-0.2, 0) is 0 Å². The summed E-state index contributed by atoms with van der Waals surface area (Å²) in [5, 5.41) is 0.292. The van der Waals surface area contributed by atoms with Gasteiger partial charge in [0.25, 0.3) is 5.56 Å². The van der Waals surface area contributed by atoms with Gasteiger partial charge in [0.1, 0.15) is 0 Å². The summed E-state index contributed by atoms with van der Waals surface area (Å²) in [5.74, 6) is -2.44. The third kappa shape index (κ3) is 3.78. The fourth-order valence-electron chi connectivity index (χ4n) is 2.76. The molecule has 0 N–H and O–H groups in total. The summed E-state index contributed by atoms with van der Waals surface area (Å²) in [5.41, 5.74) is 0.452. The van der Waals surface area contributed by atoms with Crippen molar-refractivity contribution in [2.24, 2.45) is 0 Å². The first-order valence-corrected chi connectivity index (χ1v) is 9.34. The second-order valence-corrected chi connectivity index (χ2v) is 7.74. The van der Waals surface area contributed by atoms with Crippen LogP contribution in [0.15, 0.2) is 52.4 Å². The Balaban J connectivity index is 1.99. The maximum absolute atomic E-state index is 13.4. The van der Waals surface area contributed by atoms with Gasteiger partial charge in [0.2, 0.25) is 0 Å². The molecule has 0 aliphatic rings. The predicted molar refractivity (Wildman–Crippen MR) is 102 cm³/mol. The van der Waals surface area contributed by atoms with Gasteiger partial charge < -0.3 is 0 Å². The van der Waals surface area contributed by atoms with Crippen molar-refractivity contribution < 1.29 is 13.6 Å². The Labute approximate surface area is 159 Å². The summed E-state index contributed by atoms with van der Waals surface area (Å²) in [7, 11) is 0. The molecule has 3 rings (SSSR count). The van der Waals surface area contributed by atoms with Gasteiger partial charge >= 0.3 is 0 Å². The molecule has 140 valence electrons. The molecule has 0 bridgehead atoms. The SMILES string of the molecule is CC(C)n1c(S[C@H](C)C(=O)c2ccc(F)c(F)c2)nc2ccccc2c1=O. The Hall–Kier alpha value is -2.54. The Morgan fingerprint density at radius 3 is 2.44 bits per heavy atom. The van der Waals surface area contributed by atoms with Crippen LogP contribution in [0.4, 0.5) is 8.78 Å². The smallest absolute Gasteiger partial charge is 0.262 e. The van der Waals surface area contributed by atoms with Crippen LogP contribution in [0.2, 0.25) is 0 Å². The van der Waals surface area contributed by atoms with Gasteiger partial charge in [-0.1, -0.05) is 23.9 Å². The zero-order valence-electron chi connectivity index (χ0n) is 15.1. The van der Waals surface area contributed by atoms with Crippen molar-refractivity contribution in [1.29, 1.82) is 0 Å². The maximum Gasteiger partial charge on any atom is 0.262 e. The first-order chi connectivity index (χ1) is 12.8. The number of thioether (sulfide) groups is 1. The Morgan fingerprint density at radius 1 is 1.07 bits per heavy atom. The molecule has 0 aliphatic heterocycles. The number of nitrogens with zero attached hydrogens (tertiary/aromatic N) is 2. The average Bonchev–Trinajstić information content (AvgIpc) is 2.63. The van der Waals surface area contributed by atoms with Crippen molar-refractivity contribution in [1.82, 2.24) is 9.55 Å². The lowest BCUT2D eigenvalue weighted by Crippen LogP contribution is -2.26. The summed E-state index contributed by atoms with van der Waals surface area (Å²) in [6.07, 6.45) is 0. The number of aromatic nitrogens is 2. The van der Waals surface area contributed by atoms with Crippen molar-refractivity contribution in [3.8, 4) is 0 Å². The van der Waals surface area contributed by atoms with E-state index in [1.165, 1.54) is 6.07 Å². The van der Waals surface area contributed by atoms with E-state index in [1.807, 2.05) is 13.8 Å². The number of Topliss-reactive ketones (excluding diaryl/α,β-unsaturated/α-hetero) is 1. The number of benzene rings is 2. The predicted octanol–water partition coefficient (Wildman–Crippen LogP) is 4.62. The first kappa shape index (κ1) is 19.2. The molecule has 1 heterocycles. The van der Waals surface area contributed by atoms with E-state index in [4.69, 9.17) is 0 Å². The highest BCUT2D eigenvalue weighted by Gasteiger charge is 2.22. The normalized spacial score (nSPS) is 12.5. The Kier molecular flexibility index (Phi) is 5.41. The number of carbonyl (C=O) groups excluding carboxylic acids is 1. The number of rotatable bonds is 5. The molecule has 1 aromatic heterocycles. The number of hydrogen-bond acceptors (Lipinski definition) is 4. The molecule has 0 saturated carbocycles. The van der Waals surface area contributed by atoms with Crippen LogP contribution in [0.3, 0.4) is 0 Å². The fourth-order valence-corrected chi connectivity index (χ4v) is 3.88. The van der Waals surface area contributed by atoms with Crippen LogP contribution in [-0.4, -0.2) is 20.6 Å². The molecule has 7 heteroatoms. The lowest BCUT2D eigenvalue weighted by molar-refractivity contribution is 0.0993. The number of carbonyl (C=O) groups is 1. The molecule has 0 aliphatic carbocycles. The van der Waals surface area contributed by atoms with Gasteiger partial charge in [-0.25, -0.2) is 13.8 Å². The topological polar surface area (TPSA) is 52.0 Å². The van der Waals surface area contributed by atoms with E-state index in [1.54, 1.807) is 35.8 Å². The quantitative estimate of drug-likeness (QED) is 0.364. The minimum Gasteiger partial charge on any atom is -0.293 e. The van der Waals surface area contributed by atoms with E-state index in [0.29, 0.717) is 16.1 Å². The molecule has 0 amide bonds. The molecule has 1 atom stereocenters. The van der Waals surface area contributed by atoms with Crippen LogP contribution in [0.1, 0.15) is 37.2 Å². The molecular weight excluding hydrogens is 370 g/mol. The molecule has 0 saturated heterocycles. The van der Waals surface area contributed by atoms with Crippen LogP contribution < -0.4 is 5.56 Å². The summed E-state index contributed by atoms with van der Waals surface area (Å²) < 4.78 is 28.1. The summed E-state index contributed by atoms with van der Waals surface area (Å²) in [6.45, 7) is 5.38. The largest absolute Gasteiger partial charge is 0.293 e. The van der Waals surface area contributed by atoms with Crippen molar-refractivity contribution >= 4 is 28.4 Å². The van der Waals surface area contributed by atoms with Crippen LogP contribution >= 0.6 is 11.8 Å². The number of para-hydroxylation sites is 1. The first-order valence-electron chi connectivity index (χ1n) is 8.46. The minimum absolute atomic E-state index is 0.0770. The van der Waals surface area contributed by atoms with Crippen molar-refractivity contribution in [2.75, 3.05) is 0 Å². The number of hydrogen-bond donors (Lipinski definition) is 0. The fraction of sp³-hybridized carbons (Fsp3) is 0.250. The molecule has 3 aromatic rings. The Morgan fingerprint density at radius 2 is 1.78 bits per heavy atom. The second kappa shape index (κ2) is 7.60. The summed E-state index contributed by atoms with van der Waals surface area (Å²) >= 11 is 1.13. The van der Waals surface area contributed by atoms with Crippen LogP contribution in [0, 0.1) is 11.6 Å². The average molecular weight is 388 g/mol. The number of ketones is 1. The molecule has 0 unspecified atom stereocenters. The van der Waals surface area contributed by atoms with E-state index in [9.17, 15) is 18.4 Å². The zero-order valence-corrected chi connectivity index (χ0v) is 15.9. The molecule has 0 radical (unpaired) electrons. The summed E-state index contributed by atoms with van der Waals surface area (Å²) in [4.78, 5) is 30.0. The molecule has 2 aromatic carbocycles. The van der Waals surface area contributed by atoms with Gasteiger partial charge in [0, 0.05) is 11.6 Å². The lowest BCUT2D eigenvalue weighted by Gasteiger charge is -2.18. The maximum atomic E-state index is 13.4. The van der Waals surface area contributed by atoms with Crippen molar-refractivity contribution in [3.05, 3.63) is 70.0 Å². The highest BCUT2D eigenvalue weighted by atomic mass is 32.2. The van der Waals surface area contributed by atoms with Gasteiger partial charge in [-0.2, -0.15) is 0 Å². The minimum atomic E-state index is -1.07. The highest BCUT2D eigenvalue weighted by molar-refractivity contribution is 8.00. The highest BCUT2D eigenvalue weighted by Crippen LogP contribution is 2.27. The third-order valence-corrected chi connectivity index (χ3v) is 5.21. The standard InChI is InChI=1S/C20H18F2N2O2S/c1-11(2)24-19(26)14-6-4-5-7-17(14)23-20(24)27-12(3)18(25)13-8-9-15(21)16(22)10-13/h4-12H,1-3H3/t12-/m1/s1. The van der Waals surface area contributed by atoms with Gasteiger partial charge in [-0.15, -0.1) is 0 Å². The van der Waals surface area contributed by atoms with Crippen LogP contribution in [0.25, 0.3) is 10.9 Å².